The second kappa shape index (κ2) is 7.84. The van der Waals surface area contributed by atoms with Gasteiger partial charge in [0, 0.05) is 5.92 Å². The van der Waals surface area contributed by atoms with Crippen LogP contribution < -0.4 is 5.73 Å². The summed E-state index contributed by atoms with van der Waals surface area (Å²) in [5, 5.41) is 0. The van der Waals surface area contributed by atoms with Crippen LogP contribution in [0.25, 0.3) is 0 Å². The maximum Gasteiger partial charge on any atom is 0.507 e. The lowest BCUT2D eigenvalue weighted by Crippen LogP contribution is -2.17. The highest BCUT2D eigenvalue weighted by atomic mass is 16.7. The Morgan fingerprint density at radius 1 is 1.17 bits per heavy atom. The molecule has 5 nitrogen and oxygen atoms in total. The minimum absolute atomic E-state index is 0.00926. The maximum absolute atomic E-state index is 9.92. The van der Waals surface area contributed by atoms with Gasteiger partial charge in [0.05, 0.1) is 14.2 Å². The normalized spacial score (nSPS) is 8.08. The van der Waals surface area contributed by atoms with Gasteiger partial charge in [-0.2, -0.15) is 0 Å². The van der Waals surface area contributed by atoms with Gasteiger partial charge in [0.15, 0.2) is 0 Å². The molecule has 0 aliphatic rings. The molecule has 0 heterocycles. The molecule has 0 rings (SSSR count). The Labute approximate surface area is 71.8 Å². The third kappa shape index (κ3) is 11.5. The molecule has 0 saturated heterocycles. The molecule has 1 amide bonds. The van der Waals surface area contributed by atoms with Gasteiger partial charge >= 0.3 is 6.16 Å². The number of carbonyl (C=O) groups excluding carboxylic acids is 2. The Hall–Kier alpha value is -1.26. The lowest BCUT2D eigenvalue weighted by molar-refractivity contribution is -0.120. The second-order valence-electron chi connectivity index (χ2n) is 2.22. The second-order valence-corrected chi connectivity index (χ2v) is 2.22. The van der Waals surface area contributed by atoms with E-state index in [2.05, 4.69) is 9.47 Å². The Morgan fingerprint density at radius 3 is 1.42 bits per heavy atom. The molecule has 0 unspecified atom stereocenters. The molecule has 0 bridgehead atoms. The van der Waals surface area contributed by atoms with Crippen molar-refractivity contribution in [2.24, 2.45) is 11.7 Å². The number of nitrogens with two attached hydrogens (primary N) is 1. The lowest BCUT2D eigenvalue weighted by atomic mass is 10.2. The molecule has 0 aromatic rings. The number of primary amides is 1. The van der Waals surface area contributed by atoms with Crippen molar-refractivity contribution in [3.63, 3.8) is 0 Å². The Bertz CT molecular complexity index is 136. The highest BCUT2D eigenvalue weighted by Crippen LogP contribution is 1.84. The first kappa shape index (κ1) is 13.3. The van der Waals surface area contributed by atoms with Crippen LogP contribution in [0.1, 0.15) is 13.8 Å². The molecule has 5 heteroatoms. The van der Waals surface area contributed by atoms with Crippen molar-refractivity contribution in [1.29, 1.82) is 0 Å². The molecule has 0 radical (unpaired) electrons. The summed E-state index contributed by atoms with van der Waals surface area (Å²) in [6.07, 6.45) is -0.657. The highest BCUT2D eigenvalue weighted by Gasteiger charge is 1.96. The van der Waals surface area contributed by atoms with Crippen LogP contribution in [0.3, 0.4) is 0 Å². The van der Waals surface area contributed by atoms with Gasteiger partial charge in [0.1, 0.15) is 0 Å². The fourth-order valence-electron chi connectivity index (χ4n) is 0.0833. The zero-order valence-electron chi connectivity index (χ0n) is 7.79. The number of hydrogen-bond donors (Lipinski definition) is 1. The van der Waals surface area contributed by atoms with Crippen molar-refractivity contribution in [2.75, 3.05) is 14.2 Å². The molecule has 0 aliphatic heterocycles. The summed E-state index contributed by atoms with van der Waals surface area (Å²) in [6.45, 7) is 3.53. The Kier molecular flexibility index (Phi) is 8.72. The first-order valence-electron chi connectivity index (χ1n) is 3.37. The van der Waals surface area contributed by atoms with Gasteiger partial charge in [-0.25, -0.2) is 4.79 Å². The van der Waals surface area contributed by atoms with Crippen molar-refractivity contribution in [1.82, 2.24) is 0 Å². The predicted molar refractivity (Wildman–Crippen MR) is 43.4 cm³/mol. The lowest BCUT2D eigenvalue weighted by Gasteiger charge is -1.90. The smallest absolute Gasteiger partial charge is 0.438 e. The molecule has 0 aromatic carbocycles. The number of rotatable bonds is 1. The zero-order chi connectivity index (χ0) is 10.1. The molecule has 2 N–H and O–H groups in total. The Morgan fingerprint density at radius 2 is 1.42 bits per heavy atom. The topological polar surface area (TPSA) is 78.6 Å². The van der Waals surface area contributed by atoms with Crippen molar-refractivity contribution in [3.8, 4) is 0 Å². The molecule has 0 aliphatic carbocycles. The third-order valence-corrected chi connectivity index (χ3v) is 0.902. The fraction of sp³-hybridized carbons (Fsp3) is 0.714. The van der Waals surface area contributed by atoms with Gasteiger partial charge in [-0.1, -0.05) is 13.8 Å². The number of hydrogen-bond acceptors (Lipinski definition) is 4. The van der Waals surface area contributed by atoms with E-state index in [9.17, 15) is 9.59 Å². The molecule has 0 fully saturated rings. The van der Waals surface area contributed by atoms with Crippen LogP contribution in [-0.2, 0) is 14.3 Å². The van der Waals surface area contributed by atoms with E-state index in [-0.39, 0.29) is 11.8 Å². The molecule has 0 spiro atoms. The summed E-state index contributed by atoms with van der Waals surface area (Å²) in [6, 6.07) is 0. The van der Waals surface area contributed by atoms with E-state index < -0.39 is 6.16 Å². The number of amides is 1. The highest BCUT2D eigenvalue weighted by molar-refractivity contribution is 5.75. The van der Waals surface area contributed by atoms with E-state index in [1.807, 2.05) is 0 Å². The van der Waals surface area contributed by atoms with Crippen molar-refractivity contribution < 1.29 is 19.1 Å². The maximum atomic E-state index is 9.92. The molecule has 0 aromatic heterocycles. The number of ether oxygens (including phenoxy) is 2. The predicted octanol–water partition coefficient (Wildman–Crippen LogP) is 0.527. The largest absolute Gasteiger partial charge is 0.507 e. The van der Waals surface area contributed by atoms with Crippen LogP contribution in [0.15, 0.2) is 0 Å². The van der Waals surface area contributed by atoms with Crippen LogP contribution in [0.2, 0.25) is 0 Å². The van der Waals surface area contributed by atoms with Gasteiger partial charge in [-0.15, -0.1) is 0 Å². The van der Waals surface area contributed by atoms with Crippen LogP contribution in [0, 0.1) is 5.92 Å². The molecule has 72 valence electrons. The summed E-state index contributed by atoms with van der Waals surface area (Å²) < 4.78 is 8.08. The summed E-state index contributed by atoms with van der Waals surface area (Å²) in [5.41, 5.74) is 4.80. The van der Waals surface area contributed by atoms with Crippen LogP contribution in [0.5, 0.6) is 0 Å². The molecular weight excluding hydrogens is 162 g/mol. The van der Waals surface area contributed by atoms with E-state index in [4.69, 9.17) is 5.73 Å². The average molecular weight is 177 g/mol. The molecule has 12 heavy (non-hydrogen) atoms. The zero-order valence-corrected chi connectivity index (χ0v) is 7.79. The van der Waals surface area contributed by atoms with Gasteiger partial charge in [-0.05, 0) is 0 Å². The van der Waals surface area contributed by atoms with Gasteiger partial charge in [0.2, 0.25) is 5.91 Å². The molecule has 0 atom stereocenters. The van der Waals surface area contributed by atoms with E-state index in [1.54, 1.807) is 13.8 Å². The fourth-order valence-corrected chi connectivity index (χ4v) is 0.0833. The number of carbonyl (C=O) groups is 2. The number of methoxy groups -OCH3 is 2. The summed E-state index contributed by atoms with van der Waals surface area (Å²) in [7, 11) is 2.51. The minimum Gasteiger partial charge on any atom is -0.438 e. The van der Waals surface area contributed by atoms with Crippen molar-refractivity contribution >= 4 is 12.1 Å². The van der Waals surface area contributed by atoms with Gasteiger partial charge < -0.3 is 15.2 Å². The quantitative estimate of drug-likeness (QED) is 0.592. The van der Waals surface area contributed by atoms with E-state index in [1.165, 1.54) is 14.2 Å². The molecule has 0 saturated carbocycles. The molecular formula is C7H15NO4. The standard InChI is InChI=1S/C4H9NO.C3H6O3/c1-3(2)4(5)6;1-5-3(4)6-2/h3H,1-2H3,(H2,5,6);1-2H3. The van der Waals surface area contributed by atoms with E-state index >= 15 is 0 Å². The summed E-state index contributed by atoms with van der Waals surface area (Å²) in [4.78, 5) is 19.7. The van der Waals surface area contributed by atoms with Crippen LogP contribution >= 0.6 is 0 Å². The average Bonchev–Trinajstić information content (AvgIpc) is 2.04. The Balaban J connectivity index is 0. The van der Waals surface area contributed by atoms with Crippen molar-refractivity contribution in [3.05, 3.63) is 0 Å². The first-order chi connectivity index (χ1) is 5.45. The monoisotopic (exact) mass is 177 g/mol. The van der Waals surface area contributed by atoms with E-state index in [0.717, 1.165) is 0 Å². The van der Waals surface area contributed by atoms with E-state index in [0.29, 0.717) is 0 Å². The summed E-state index contributed by atoms with van der Waals surface area (Å²) in [5.74, 6) is -0.250. The first-order valence-corrected chi connectivity index (χ1v) is 3.37. The summed E-state index contributed by atoms with van der Waals surface area (Å²) >= 11 is 0. The van der Waals surface area contributed by atoms with Crippen LogP contribution in [-0.4, -0.2) is 26.3 Å². The van der Waals surface area contributed by atoms with Crippen molar-refractivity contribution in [2.45, 2.75) is 13.8 Å². The minimum atomic E-state index is -0.657. The SMILES string of the molecule is CC(C)C(N)=O.COC(=O)OC. The van der Waals surface area contributed by atoms with Crippen LogP contribution in [0.4, 0.5) is 4.79 Å². The third-order valence-electron chi connectivity index (χ3n) is 0.902. The van der Waals surface area contributed by atoms with Gasteiger partial charge in [-0.3, -0.25) is 4.79 Å². The van der Waals surface area contributed by atoms with Gasteiger partial charge in [0.25, 0.3) is 0 Å².